The Bertz CT molecular complexity index is 214. The molecule has 3 heterocycles. The monoisotopic (exact) mass is 210 g/mol. The van der Waals surface area contributed by atoms with Crippen molar-refractivity contribution < 1.29 is 4.74 Å². The van der Waals surface area contributed by atoms with Gasteiger partial charge in [-0.05, 0) is 39.2 Å². The number of rotatable bonds is 2. The molecule has 15 heavy (non-hydrogen) atoms. The molecule has 0 radical (unpaired) electrons. The summed E-state index contributed by atoms with van der Waals surface area (Å²) in [6, 6.07) is 3.18. The molecule has 0 aliphatic carbocycles. The van der Waals surface area contributed by atoms with Crippen molar-refractivity contribution in [3.8, 4) is 0 Å². The van der Waals surface area contributed by atoms with Gasteiger partial charge in [0.2, 0.25) is 0 Å². The van der Waals surface area contributed by atoms with Crippen molar-refractivity contribution in [1.82, 2.24) is 10.2 Å². The van der Waals surface area contributed by atoms with E-state index in [4.69, 9.17) is 4.74 Å². The van der Waals surface area contributed by atoms with Crippen LogP contribution in [0.3, 0.4) is 0 Å². The molecule has 0 aromatic rings. The van der Waals surface area contributed by atoms with Crippen molar-refractivity contribution in [2.45, 2.75) is 56.3 Å². The number of nitrogens with one attached hydrogen (secondary N) is 1. The first kappa shape index (κ1) is 10.1. The molecule has 0 amide bonds. The SMILES string of the molecule is CNC1CC2CCC(C1)N2[C@@H]1CCOC1. The smallest absolute Gasteiger partial charge is 0.0622 e. The highest BCUT2D eigenvalue weighted by molar-refractivity contribution is 5.00. The summed E-state index contributed by atoms with van der Waals surface area (Å²) in [4.78, 5) is 2.79. The van der Waals surface area contributed by atoms with E-state index in [2.05, 4.69) is 17.3 Å². The van der Waals surface area contributed by atoms with E-state index >= 15 is 0 Å². The number of fused-ring (bicyclic) bond motifs is 2. The molecule has 86 valence electrons. The van der Waals surface area contributed by atoms with E-state index in [1.807, 2.05) is 0 Å². The molecule has 3 fully saturated rings. The van der Waals surface area contributed by atoms with Crippen LogP contribution < -0.4 is 5.32 Å². The van der Waals surface area contributed by atoms with Gasteiger partial charge in [-0.3, -0.25) is 4.90 Å². The van der Waals surface area contributed by atoms with Crippen molar-refractivity contribution in [1.29, 1.82) is 0 Å². The maximum Gasteiger partial charge on any atom is 0.0622 e. The average Bonchev–Trinajstić information content (AvgIpc) is 2.84. The standard InChI is InChI=1S/C12H22N2O/c1-13-9-6-10-2-3-11(7-9)14(10)12-4-5-15-8-12/h9-13H,2-8H2,1H3/t9?,10?,11?,12-/m1/s1. The van der Waals surface area contributed by atoms with Gasteiger partial charge in [-0.2, -0.15) is 0 Å². The number of ether oxygens (including phenoxy) is 1. The van der Waals surface area contributed by atoms with E-state index in [-0.39, 0.29) is 0 Å². The second kappa shape index (κ2) is 4.04. The first-order valence-corrected chi connectivity index (χ1v) is 6.41. The highest BCUT2D eigenvalue weighted by Crippen LogP contribution is 2.38. The van der Waals surface area contributed by atoms with Crippen LogP contribution in [0, 0.1) is 0 Å². The van der Waals surface area contributed by atoms with Crippen molar-refractivity contribution in [2.24, 2.45) is 0 Å². The number of piperidine rings is 1. The Labute approximate surface area is 92.2 Å². The van der Waals surface area contributed by atoms with E-state index in [1.165, 1.54) is 32.1 Å². The highest BCUT2D eigenvalue weighted by atomic mass is 16.5. The average molecular weight is 210 g/mol. The maximum atomic E-state index is 5.53. The van der Waals surface area contributed by atoms with E-state index in [0.29, 0.717) is 0 Å². The fraction of sp³-hybridized carbons (Fsp3) is 1.00. The molecule has 0 aromatic heterocycles. The van der Waals surface area contributed by atoms with E-state index < -0.39 is 0 Å². The van der Waals surface area contributed by atoms with Gasteiger partial charge in [0, 0.05) is 30.8 Å². The zero-order chi connectivity index (χ0) is 10.3. The molecule has 2 bridgehead atoms. The zero-order valence-electron chi connectivity index (χ0n) is 9.61. The topological polar surface area (TPSA) is 24.5 Å². The lowest BCUT2D eigenvalue weighted by Crippen LogP contribution is -2.52. The van der Waals surface area contributed by atoms with E-state index in [1.54, 1.807) is 0 Å². The molecule has 2 unspecified atom stereocenters. The minimum atomic E-state index is 0.736. The Morgan fingerprint density at radius 2 is 1.80 bits per heavy atom. The van der Waals surface area contributed by atoms with Gasteiger partial charge in [0.1, 0.15) is 0 Å². The number of hydrogen-bond acceptors (Lipinski definition) is 3. The van der Waals surface area contributed by atoms with Crippen molar-refractivity contribution in [3.05, 3.63) is 0 Å². The summed E-state index contributed by atoms with van der Waals surface area (Å²) < 4.78 is 5.53. The van der Waals surface area contributed by atoms with Crippen molar-refractivity contribution in [3.63, 3.8) is 0 Å². The Balaban J connectivity index is 1.70. The fourth-order valence-corrected chi connectivity index (χ4v) is 3.80. The third kappa shape index (κ3) is 1.71. The van der Waals surface area contributed by atoms with Crippen LogP contribution in [0.4, 0.5) is 0 Å². The highest BCUT2D eigenvalue weighted by Gasteiger charge is 2.44. The molecule has 3 heteroatoms. The minimum Gasteiger partial charge on any atom is -0.380 e. The predicted octanol–water partition coefficient (Wildman–Crippen LogP) is 0.990. The van der Waals surface area contributed by atoms with Gasteiger partial charge in [-0.1, -0.05) is 0 Å². The summed E-state index contributed by atoms with van der Waals surface area (Å²) >= 11 is 0. The predicted molar refractivity (Wildman–Crippen MR) is 60.0 cm³/mol. The largest absolute Gasteiger partial charge is 0.380 e. The molecular formula is C12H22N2O. The number of hydrogen-bond donors (Lipinski definition) is 1. The molecule has 0 aromatic carbocycles. The van der Waals surface area contributed by atoms with Gasteiger partial charge in [0.15, 0.2) is 0 Å². The van der Waals surface area contributed by atoms with Gasteiger partial charge >= 0.3 is 0 Å². The second-order valence-corrected chi connectivity index (χ2v) is 5.31. The Morgan fingerprint density at radius 1 is 1.07 bits per heavy atom. The van der Waals surface area contributed by atoms with Crippen LogP contribution in [-0.2, 0) is 4.74 Å². The minimum absolute atomic E-state index is 0.736. The van der Waals surface area contributed by atoms with Gasteiger partial charge < -0.3 is 10.1 Å². The van der Waals surface area contributed by atoms with Gasteiger partial charge in [0.25, 0.3) is 0 Å². The quantitative estimate of drug-likeness (QED) is 0.735. The van der Waals surface area contributed by atoms with E-state index in [0.717, 1.165) is 37.4 Å². The molecule has 3 aliphatic rings. The lowest BCUT2D eigenvalue weighted by atomic mass is 9.95. The molecule has 1 N–H and O–H groups in total. The maximum absolute atomic E-state index is 5.53. The molecule has 3 rings (SSSR count). The molecule has 3 aliphatic heterocycles. The third-order valence-electron chi connectivity index (χ3n) is 4.53. The second-order valence-electron chi connectivity index (χ2n) is 5.31. The molecule has 0 saturated carbocycles. The first-order valence-electron chi connectivity index (χ1n) is 6.41. The normalized spacial score (nSPS) is 46.2. The molecule has 0 spiro atoms. The van der Waals surface area contributed by atoms with Crippen LogP contribution in [-0.4, -0.2) is 49.3 Å². The van der Waals surface area contributed by atoms with Crippen molar-refractivity contribution >= 4 is 0 Å². The van der Waals surface area contributed by atoms with Crippen LogP contribution in [0.25, 0.3) is 0 Å². The summed E-state index contributed by atoms with van der Waals surface area (Å²) in [6.45, 7) is 1.97. The van der Waals surface area contributed by atoms with Crippen LogP contribution in [0.5, 0.6) is 0 Å². The third-order valence-corrected chi connectivity index (χ3v) is 4.53. The molecule has 3 atom stereocenters. The summed E-state index contributed by atoms with van der Waals surface area (Å²) in [7, 11) is 2.11. The van der Waals surface area contributed by atoms with Gasteiger partial charge in [-0.15, -0.1) is 0 Å². The zero-order valence-corrected chi connectivity index (χ0v) is 9.61. The fourth-order valence-electron chi connectivity index (χ4n) is 3.80. The molecule has 3 saturated heterocycles. The van der Waals surface area contributed by atoms with Crippen LogP contribution in [0.1, 0.15) is 32.1 Å². The van der Waals surface area contributed by atoms with Crippen LogP contribution in [0.2, 0.25) is 0 Å². The molecular weight excluding hydrogens is 188 g/mol. The van der Waals surface area contributed by atoms with Crippen molar-refractivity contribution in [2.75, 3.05) is 20.3 Å². The Kier molecular flexibility index (Phi) is 2.71. The lowest BCUT2D eigenvalue weighted by Gasteiger charge is -2.42. The van der Waals surface area contributed by atoms with Crippen LogP contribution in [0.15, 0.2) is 0 Å². The summed E-state index contributed by atoms with van der Waals surface area (Å²) in [5, 5.41) is 3.46. The summed E-state index contributed by atoms with van der Waals surface area (Å²) in [5.74, 6) is 0. The lowest BCUT2D eigenvalue weighted by molar-refractivity contribution is 0.0616. The Morgan fingerprint density at radius 3 is 2.33 bits per heavy atom. The summed E-state index contributed by atoms with van der Waals surface area (Å²) in [6.07, 6.45) is 6.79. The first-order chi connectivity index (χ1) is 7.38. The molecule has 3 nitrogen and oxygen atoms in total. The van der Waals surface area contributed by atoms with E-state index in [9.17, 15) is 0 Å². The van der Waals surface area contributed by atoms with Gasteiger partial charge in [-0.25, -0.2) is 0 Å². The number of nitrogens with zero attached hydrogens (tertiary/aromatic N) is 1. The summed E-state index contributed by atoms with van der Waals surface area (Å²) in [5.41, 5.74) is 0. The Hall–Kier alpha value is -0.120. The van der Waals surface area contributed by atoms with Gasteiger partial charge in [0.05, 0.1) is 6.61 Å². The van der Waals surface area contributed by atoms with Crippen LogP contribution >= 0.6 is 0 Å².